The predicted molar refractivity (Wildman–Crippen MR) is 40.0 cm³/mol. The molecule has 0 saturated carbocycles. The largest absolute Gasteiger partial charge is 0.355 e. The van der Waals surface area contributed by atoms with E-state index in [1.54, 1.807) is 0 Å². The van der Waals surface area contributed by atoms with Crippen LogP contribution in [0.2, 0.25) is 0 Å². The maximum absolute atomic E-state index is 13.5. The van der Waals surface area contributed by atoms with Gasteiger partial charge in [0.2, 0.25) is 6.41 Å². The fraction of sp³-hybridized carbons (Fsp3) is 0.857. The number of alkyl halides is 1. The van der Waals surface area contributed by atoms with E-state index in [-0.39, 0.29) is 6.54 Å². The molecule has 3 nitrogen and oxygen atoms in total. The summed E-state index contributed by atoms with van der Waals surface area (Å²) in [6.45, 7) is 1.56. The summed E-state index contributed by atoms with van der Waals surface area (Å²) in [7, 11) is 0. The van der Waals surface area contributed by atoms with Gasteiger partial charge in [0.15, 0.2) is 0 Å². The van der Waals surface area contributed by atoms with Gasteiger partial charge in [0.25, 0.3) is 0 Å². The van der Waals surface area contributed by atoms with Gasteiger partial charge in [0, 0.05) is 0 Å². The molecule has 0 radical (unpaired) electrons. The second-order valence-corrected chi connectivity index (χ2v) is 2.90. The van der Waals surface area contributed by atoms with E-state index in [0.29, 0.717) is 32.3 Å². The molecule has 0 spiro atoms. The number of amides is 1. The number of halogens is 1. The molecule has 1 aliphatic heterocycles. The quantitative estimate of drug-likeness (QED) is 0.562. The molecule has 4 heteroatoms. The molecule has 1 heterocycles. The Morgan fingerprint density at radius 3 is 2.73 bits per heavy atom. The van der Waals surface area contributed by atoms with Crippen molar-refractivity contribution in [3.63, 3.8) is 0 Å². The van der Waals surface area contributed by atoms with Crippen molar-refractivity contribution in [3.05, 3.63) is 0 Å². The topological polar surface area (TPSA) is 41.1 Å². The Bertz CT molecular complexity index is 134. The zero-order valence-electron chi connectivity index (χ0n) is 6.40. The summed E-state index contributed by atoms with van der Waals surface area (Å²) in [5, 5.41) is 5.44. The van der Waals surface area contributed by atoms with Crippen LogP contribution in [0.1, 0.15) is 12.8 Å². The third kappa shape index (κ3) is 2.46. The fourth-order valence-electron chi connectivity index (χ4n) is 1.28. The molecule has 0 aliphatic carbocycles. The van der Waals surface area contributed by atoms with E-state index in [9.17, 15) is 9.18 Å². The minimum absolute atomic E-state index is 0.151. The van der Waals surface area contributed by atoms with Crippen LogP contribution in [0.5, 0.6) is 0 Å². The molecule has 64 valence electrons. The van der Waals surface area contributed by atoms with Crippen LogP contribution >= 0.6 is 0 Å². The Balaban J connectivity index is 2.30. The number of carbonyl (C=O) groups is 1. The first kappa shape index (κ1) is 8.46. The van der Waals surface area contributed by atoms with Crippen LogP contribution < -0.4 is 10.6 Å². The van der Waals surface area contributed by atoms with Gasteiger partial charge < -0.3 is 10.6 Å². The van der Waals surface area contributed by atoms with Crippen LogP contribution in [0.25, 0.3) is 0 Å². The molecule has 11 heavy (non-hydrogen) atoms. The summed E-state index contributed by atoms with van der Waals surface area (Å²) in [5.41, 5.74) is -1.17. The normalized spacial score (nSPS) is 22.6. The van der Waals surface area contributed by atoms with Crippen molar-refractivity contribution >= 4 is 6.41 Å². The standard InChI is InChI=1S/C7H13FN2O/c8-7(5-10-6-11)1-3-9-4-2-7/h6,9H,1-5H2,(H,10,11). The first-order valence-corrected chi connectivity index (χ1v) is 3.83. The van der Waals surface area contributed by atoms with Crippen LogP contribution in [0.4, 0.5) is 4.39 Å². The van der Waals surface area contributed by atoms with Crippen molar-refractivity contribution < 1.29 is 9.18 Å². The Labute approximate surface area is 65.3 Å². The molecular formula is C7H13FN2O. The van der Waals surface area contributed by atoms with Crippen LogP contribution in [0.3, 0.4) is 0 Å². The number of piperidine rings is 1. The Morgan fingerprint density at radius 1 is 1.55 bits per heavy atom. The van der Waals surface area contributed by atoms with Gasteiger partial charge in [-0.05, 0) is 25.9 Å². The lowest BCUT2D eigenvalue weighted by atomic mass is 9.95. The highest BCUT2D eigenvalue weighted by atomic mass is 19.1. The molecule has 1 rings (SSSR count). The average Bonchev–Trinajstić information content (AvgIpc) is 2.03. The van der Waals surface area contributed by atoms with Crippen molar-refractivity contribution in [1.29, 1.82) is 0 Å². The van der Waals surface area contributed by atoms with Gasteiger partial charge in [-0.3, -0.25) is 4.79 Å². The number of nitrogens with one attached hydrogen (secondary N) is 2. The van der Waals surface area contributed by atoms with E-state index < -0.39 is 5.67 Å². The van der Waals surface area contributed by atoms with Crippen LogP contribution in [-0.4, -0.2) is 31.7 Å². The van der Waals surface area contributed by atoms with Crippen molar-refractivity contribution in [2.75, 3.05) is 19.6 Å². The van der Waals surface area contributed by atoms with Gasteiger partial charge in [0.1, 0.15) is 5.67 Å². The molecule has 2 N–H and O–H groups in total. The van der Waals surface area contributed by atoms with Gasteiger partial charge in [0.05, 0.1) is 6.54 Å². The van der Waals surface area contributed by atoms with Crippen molar-refractivity contribution in [2.24, 2.45) is 0 Å². The van der Waals surface area contributed by atoms with Crippen LogP contribution in [-0.2, 0) is 4.79 Å². The average molecular weight is 160 g/mol. The maximum Gasteiger partial charge on any atom is 0.207 e. The summed E-state index contributed by atoms with van der Waals surface area (Å²) >= 11 is 0. The zero-order valence-corrected chi connectivity index (χ0v) is 6.40. The Hall–Kier alpha value is -0.640. The van der Waals surface area contributed by atoms with E-state index in [1.807, 2.05) is 0 Å². The molecular weight excluding hydrogens is 147 g/mol. The number of hydrogen-bond donors (Lipinski definition) is 2. The monoisotopic (exact) mass is 160 g/mol. The summed E-state index contributed by atoms with van der Waals surface area (Å²) in [6, 6.07) is 0. The first-order valence-electron chi connectivity index (χ1n) is 3.83. The summed E-state index contributed by atoms with van der Waals surface area (Å²) in [5.74, 6) is 0. The van der Waals surface area contributed by atoms with Crippen LogP contribution in [0, 0.1) is 0 Å². The molecule has 0 atom stereocenters. The molecule has 0 aromatic heterocycles. The van der Waals surface area contributed by atoms with E-state index in [0.717, 1.165) is 0 Å². The molecule has 0 bridgehead atoms. The molecule has 0 aromatic carbocycles. The smallest absolute Gasteiger partial charge is 0.207 e. The minimum atomic E-state index is -1.17. The Morgan fingerprint density at radius 2 is 2.18 bits per heavy atom. The zero-order chi connectivity index (χ0) is 8.16. The highest BCUT2D eigenvalue weighted by Crippen LogP contribution is 2.21. The molecule has 1 fully saturated rings. The molecule has 0 aromatic rings. The van der Waals surface area contributed by atoms with Gasteiger partial charge in [-0.2, -0.15) is 0 Å². The lowest BCUT2D eigenvalue weighted by Gasteiger charge is -2.29. The van der Waals surface area contributed by atoms with Crippen molar-refractivity contribution in [3.8, 4) is 0 Å². The molecule has 0 unspecified atom stereocenters. The van der Waals surface area contributed by atoms with E-state index in [4.69, 9.17) is 0 Å². The SMILES string of the molecule is O=CNCC1(F)CCNCC1. The third-order valence-electron chi connectivity index (χ3n) is 2.00. The van der Waals surface area contributed by atoms with E-state index in [2.05, 4.69) is 10.6 Å². The van der Waals surface area contributed by atoms with Gasteiger partial charge in [-0.1, -0.05) is 0 Å². The van der Waals surface area contributed by atoms with E-state index >= 15 is 0 Å². The fourth-order valence-corrected chi connectivity index (χ4v) is 1.28. The maximum atomic E-state index is 13.5. The highest BCUT2D eigenvalue weighted by Gasteiger charge is 2.30. The lowest BCUT2D eigenvalue weighted by Crippen LogP contribution is -2.45. The van der Waals surface area contributed by atoms with E-state index in [1.165, 1.54) is 0 Å². The lowest BCUT2D eigenvalue weighted by molar-refractivity contribution is -0.110. The molecule has 1 saturated heterocycles. The van der Waals surface area contributed by atoms with Crippen molar-refractivity contribution in [1.82, 2.24) is 10.6 Å². The number of carbonyl (C=O) groups excluding carboxylic acids is 1. The molecule has 1 amide bonds. The van der Waals surface area contributed by atoms with Gasteiger partial charge in [-0.25, -0.2) is 4.39 Å². The third-order valence-corrected chi connectivity index (χ3v) is 2.00. The second kappa shape index (κ2) is 3.67. The van der Waals surface area contributed by atoms with Crippen molar-refractivity contribution in [2.45, 2.75) is 18.5 Å². The second-order valence-electron chi connectivity index (χ2n) is 2.90. The number of rotatable bonds is 3. The van der Waals surface area contributed by atoms with Crippen LogP contribution in [0.15, 0.2) is 0 Å². The minimum Gasteiger partial charge on any atom is -0.355 e. The summed E-state index contributed by atoms with van der Waals surface area (Å²) < 4.78 is 13.5. The van der Waals surface area contributed by atoms with Gasteiger partial charge >= 0.3 is 0 Å². The predicted octanol–water partition coefficient (Wildman–Crippen LogP) is -0.176. The first-order chi connectivity index (χ1) is 5.27. The number of hydrogen-bond acceptors (Lipinski definition) is 2. The highest BCUT2D eigenvalue weighted by molar-refractivity contribution is 5.46. The molecule has 1 aliphatic rings. The Kier molecular flexibility index (Phi) is 2.82. The van der Waals surface area contributed by atoms with Gasteiger partial charge in [-0.15, -0.1) is 0 Å². The summed E-state index contributed by atoms with van der Waals surface area (Å²) in [4.78, 5) is 9.90. The summed E-state index contributed by atoms with van der Waals surface area (Å²) in [6.07, 6.45) is 1.53.